The average molecular weight is 398 g/mol. The summed E-state index contributed by atoms with van der Waals surface area (Å²) in [5.74, 6) is -1.20. The molecule has 0 bridgehead atoms. The SMILES string of the molecule is CC(=O)O[C@@H](CC=C[C@@H]1CC=CC(=O)O1)C[C@H](C=Cc1ccccc1)OC(C)=O. The lowest BCUT2D eigenvalue weighted by Gasteiger charge is -2.21. The van der Waals surface area contributed by atoms with Gasteiger partial charge in [-0.05, 0) is 17.7 Å². The minimum atomic E-state index is -0.541. The summed E-state index contributed by atoms with van der Waals surface area (Å²) in [5, 5.41) is 0. The molecule has 6 nitrogen and oxygen atoms in total. The summed E-state index contributed by atoms with van der Waals surface area (Å²) in [4.78, 5) is 34.3. The Balaban J connectivity index is 2.02. The fourth-order valence-electron chi connectivity index (χ4n) is 2.88. The van der Waals surface area contributed by atoms with Crippen LogP contribution >= 0.6 is 0 Å². The predicted molar refractivity (Wildman–Crippen MR) is 109 cm³/mol. The quantitative estimate of drug-likeness (QED) is 0.358. The van der Waals surface area contributed by atoms with Crippen LogP contribution in [0.2, 0.25) is 0 Å². The molecule has 0 saturated carbocycles. The van der Waals surface area contributed by atoms with Crippen molar-refractivity contribution in [3.63, 3.8) is 0 Å². The largest absolute Gasteiger partial charge is 0.462 e. The van der Waals surface area contributed by atoms with Gasteiger partial charge in [0.05, 0.1) is 0 Å². The van der Waals surface area contributed by atoms with Crippen molar-refractivity contribution in [1.82, 2.24) is 0 Å². The Morgan fingerprint density at radius 1 is 1.17 bits per heavy atom. The van der Waals surface area contributed by atoms with Gasteiger partial charge in [0.25, 0.3) is 0 Å². The van der Waals surface area contributed by atoms with E-state index in [1.165, 1.54) is 19.9 Å². The van der Waals surface area contributed by atoms with Gasteiger partial charge in [-0.3, -0.25) is 9.59 Å². The zero-order valence-electron chi connectivity index (χ0n) is 16.7. The summed E-state index contributed by atoms with van der Waals surface area (Å²) in [6, 6.07) is 9.63. The van der Waals surface area contributed by atoms with Gasteiger partial charge < -0.3 is 14.2 Å². The van der Waals surface area contributed by atoms with Crippen molar-refractivity contribution in [2.75, 3.05) is 0 Å². The maximum Gasteiger partial charge on any atom is 0.331 e. The zero-order valence-corrected chi connectivity index (χ0v) is 16.7. The Kier molecular flexibility index (Phi) is 8.89. The number of hydrogen-bond acceptors (Lipinski definition) is 6. The summed E-state index contributed by atoms with van der Waals surface area (Å²) in [7, 11) is 0. The summed E-state index contributed by atoms with van der Waals surface area (Å²) in [6.07, 6.45) is 10.4. The van der Waals surface area contributed by atoms with Crippen LogP contribution in [0.25, 0.3) is 6.08 Å². The molecule has 6 heteroatoms. The molecule has 1 aromatic carbocycles. The minimum Gasteiger partial charge on any atom is -0.462 e. The van der Waals surface area contributed by atoms with Crippen LogP contribution in [0.3, 0.4) is 0 Å². The first-order valence-electron chi connectivity index (χ1n) is 9.54. The van der Waals surface area contributed by atoms with E-state index in [4.69, 9.17) is 14.2 Å². The second-order valence-corrected chi connectivity index (χ2v) is 6.66. The van der Waals surface area contributed by atoms with Crippen molar-refractivity contribution in [2.24, 2.45) is 0 Å². The Labute approximate surface area is 170 Å². The van der Waals surface area contributed by atoms with Crippen LogP contribution in [0.4, 0.5) is 0 Å². The smallest absolute Gasteiger partial charge is 0.331 e. The van der Waals surface area contributed by atoms with E-state index in [2.05, 4.69) is 0 Å². The molecule has 1 heterocycles. The monoisotopic (exact) mass is 398 g/mol. The molecule has 0 radical (unpaired) electrons. The molecule has 29 heavy (non-hydrogen) atoms. The third-order valence-electron chi connectivity index (χ3n) is 4.09. The maximum atomic E-state index is 11.5. The van der Waals surface area contributed by atoms with Crippen LogP contribution < -0.4 is 0 Å². The fraction of sp³-hybridized carbons (Fsp3) is 0.348. The number of esters is 3. The molecule has 0 spiro atoms. The van der Waals surface area contributed by atoms with Gasteiger partial charge in [-0.1, -0.05) is 48.6 Å². The molecule has 3 atom stereocenters. The molecule has 0 fully saturated rings. The maximum absolute atomic E-state index is 11.5. The van der Waals surface area contributed by atoms with Gasteiger partial charge in [-0.25, -0.2) is 4.79 Å². The molecule has 1 aliphatic rings. The van der Waals surface area contributed by atoms with E-state index in [1.807, 2.05) is 42.5 Å². The first kappa shape index (κ1) is 22.1. The number of hydrogen-bond donors (Lipinski definition) is 0. The van der Waals surface area contributed by atoms with Gasteiger partial charge in [0.2, 0.25) is 0 Å². The van der Waals surface area contributed by atoms with Crippen LogP contribution in [0.5, 0.6) is 0 Å². The van der Waals surface area contributed by atoms with Crippen molar-refractivity contribution in [3.05, 3.63) is 66.3 Å². The summed E-state index contributed by atoms with van der Waals surface area (Å²) in [5.41, 5.74) is 0.973. The number of carbonyl (C=O) groups is 3. The Morgan fingerprint density at radius 3 is 2.55 bits per heavy atom. The molecular formula is C23H26O6. The summed E-state index contributed by atoms with van der Waals surface area (Å²) in [6.45, 7) is 2.68. The molecule has 0 saturated heterocycles. The second-order valence-electron chi connectivity index (χ2n) is 6.66. The zero-order chi connectivity index (χ0) is 21.1. The highest BCUT2D eigenvalue weighted by molar-refractivity contribution is 5.82. The van der Waals surface area contributed by atoms with Crippen LogP contribution in [-0.2, 0) is 28.6 Å². The van der Waals surface area contributed by atoms with Gasteiger partial charge in [-0.2, -0.15) is 0 Å². The molecule has 0 N–H and O–H groups in total. The van der Waals surface area contributed by atoms with Crippen molar-refractivity contribution >= 4 is 24.0 Å². The number of benzene rings is 1. The lowest BCUT2D eigenvalue weighted by Crippen LogP contribution is -2.25. The van der Waals surface area contributed by atoms with E-state index < -0.39 is 24.1 Å². The normalized spacial score (nSPS) is 18.4. The Bertz CT molecular complexity index is 778. The van der Waals surface area contributed by atoms with E-state index >= 15 is 0 Å². The van der Waals surface area contributed by atoms with Crippen LogP contribution in [0, 0.1) is 0 Å². The van der Waals surface area contributed by atoms with Crippen molar-refractivity contribution < 1.29 is 28.6 Å². The summed E-state index contributed by atoms with van der Waals surface area (Å²) < 4.78 is 15.9. The summed E-state index contributed by atoms with van der Waals surface area (Å²) >= 11 is 0. The third-order valence-corrected chi connectivity index (χ3v) is 4.09. The lowest BCUT2D eigenvalue weighted by atomic mass is 10.1. The average Bonchev–Trinajstić information content (AvgIpc) is 2.66. The van der Waals surface area contributed by atoms with E-state index in [0.717, 1.165) is 5.56 Å². The molecule has 0 amide bonds. The van der Waals surface area contributed by atoms with Crippen molar-refractivity contribution in [3.8, 4) is 0 Å². The topological polar surface area (TPSA) is 78.9 Å². The molecule has 0 aliphatic carbocycles. The Morgan fingerprint density at radius 2 is 1.90 bits per heavy atom. The van der Waals surface area contributed by atoms with Crippen LogP contribution in [0.1, 0.15) is 38.7 Å². The van der Waals surface area contributed by atoms with Gasteiger partial charge in [0.15, 0.2) is 0 Å². The molecule has 0 unspecified atom stereocenters. The standard InChI is InChI=1S/C23H26O6/c1-17(24)27-21(12-6-10-20-11-7-13-23(26)29-20)16-22(28-18(2)25)15-14-19-8-4-3-5-9-19/h3-10,13-15,20-22H,11-12,16H2,1-2H3/t20-,21+,22+/m1/s1. The van der Waals surface area contributed by atoms with E-state index in [0.29, 0.717) is 19.3 Å². The fourth-order valence-corrected chi connectivity index (χ4v) is 2.88. The van der Waals surface area contributed by atoms with Gasteiger partial charge in [0, 0.05) is 39.2 Å². The first-order chi connectivity index (χ1) is 13.9. The van der Waals surface area contributed by atoms with Gasteiger partial charge in [-0.15, -0.1) is 0 Å². The van der Waals surface area contributed by atoms with Gasteiger partial charge >= 0.3 is 17.9 Å². The van der Waals surface area contributed by atoms with Gasteiger partial charge in [0.1, 0.15) is 18.3 Å². The Hall–Kier alpha value is -3.15. The molecule has 2 rings (SSSR count). The van der Waals surface area contributed by atoms with Crippen LogP contribution in [-0.4, -0.2) is 36.2 Å². The van der Waals surface area contributed by atoms with Crippen molar-refractivity contribution in [1.29, 1.82) is 0 Å². The second kappa shape index (κ2) is 11.6. The number of cyclic esters (lactones) is 1. The lowest BCUT2D eigenvalue weighted by molar-refractivity contribution is -0.150. The predicted octanol–water partition coefficient (Wildman–Crippen LogP) is 3.77. The van der Waals surface area contributed by atoms with Crippen LogP contribution in [0.15, 0.2) is 60.7 Å². The molecule has 154 valence electrons. The first-order valence-corrected chi connectivity index (χ1v) is 9.54. The molecule has 1 aliphatic heterocycles. The highest BCUT2D eigenvalue weighted by atomic mass is 16.6. The minimum absolute atomic E-state index is 0.317. The number of ether oxygens (including phenoxy) is 3. The third kappa shape index (κ3) is 9.06. The highest BCUT2D eigenvalue weighted by Crippen LogP contribution is 2.16. The van der Waals surface area contributed by atoms with Crippen molar-refractivity contribution in [2.45, 2.75) is 51.4 Å². The van der Waals surface area contributed by atoms with E-state index in [9.17, 15) is 14.4 Å². The number of rotatable bonds is 9. The number of carbonyl (C=O) groups excluding carboxylic acids is 3. The highest BCUT2D eigenvalue weighted by Gasteiger charge is 2.19. The molecular weight excluding hydrogens is 372 g/mol. The molecule has 0 aromatic heterocycles. The van der Waals surface area contributed by atoms with E-state index in [1.54, 1.807) is 18.2 Å². The van der Waals surface area contributed by atoms with E-state index in [-0.39, 0.29) is 12.1 Å². The molecule has 1 aromatic rings.